The lowest BCUT2D eigenvalue weighted by atomic mass is 10.1. The summed E-state index contributed by atoms with van der Waals surface area (Å²) < 4.78 is 26.0. The number of nitrogens with zero attached hydrogens (tertiary/aromatic N) is 1. The van der Waals surface area contributed by atoms with Crippen molar-refractivity contribution in [2.75, 3.05) is 5.32 Å². The molecule has 20 heavy (non-hydrogen) atoms. The number of halogens is 2. The molecule has 1 amide bonds. The molecular weight excluding hydrogens is 282 g/mol. The van der Waals surface area contributed by atoms with Gasteiger partial charge in [-0.25, -0.2) is 13.8 Å². The molecule has 0 aliphatic carbocycles. The van der Waals surface area contributed by atoms with E-state index >= 15 is 0 Å². The Bertz CT molecular complexity index is 605. The zero-order valence-electron chi connectivity index (χ0n) is 11.1. The van der Waals surface area contributed by atoms with E-state index in [2.05, 4.69) is 10.3 Å². The van der Waals surface area contributed by atoms with Crippen molar-refractivity contribution in [1.29, 1.82) is 0 Å². The Balaban J connectivity index is 2.01. The van der Waals surface area contributed by atoms with Crippen molar-refractivity contribution in [3.8, 4) is 0 Å². The minimum absolute atomic E-state index is 0.0920. The van der Waals surface area contributed by atoms with Crippen molar-refractivity contribution in [2.45, 2.75) is 26.2 Å². The van der Waals surface area contributed by atoms with Gasteiger partial charge in [0, 0.05) is 17.1 Å². The van der Waals surface area contributed by atoms with Gasteiger partial charge in [0.15, 0.2) is 5.13 Å². The number of thiazole rings is 1. The maximum atomic E-state index is 13.0. The zero-order chi connectivity index (χ0) is 14.7. The first-order valence-corrected chi connectivity index (χ1v) is 6.96. The van der Waals surface area contributed by atoms with Crippen molar-refractivity contribution in [3.63, 3.8) is 0 Å². The molecule has 6 heteroatoms. The van der Waals surface area contributed by atoms with E-state index in [-0.39, 0.29) is 12.3 Å². The highest BCUT2D eigenvalue weighted by Crippen LogP contribution is 2.25. The van der Waals surface area contributed by atoms with E-state index in [0.717, 1.165) is 23.1 Å². The van der Waals surface area contributed by atoms with E-state index in [4.69, 9.17) is 0 Å². The van der Waals surface area contributed by atoms with Crippen LogP contribution in [0.1, 0.15) is 30.2 Å². The van der Waals surface area contributed by atoms with E-state index in [9.17, 15) is 13.6 Å². The number of hydrogen-bond acceptors (Lipinski definition) is 3. The summed E-state index contributed by atoms with van der Waals surface area (Å²) in [5.41, 5.74) is 0.292. The fourth-order valence-corrected chi connectivity index (χ4v) is 2.51. The summed E-state index contributed by atoms with van der Waals surface area (Å²) >= 11 is 1.39. The van der Waals surface area contributed by atoms with Crippen molar-refractivity contribution in [3.05, 3.63) is 46.5 Å². The Morgan fingerprint density at radius 1 is 1.30 bits per heavy atom. The topological polar surface area (TPSA) is 42.0 Å². The highest BCUT2D eigenvalue weighted by Gasteiger charge is 2.10. The molecular formula is C14H14F2N2OS. The van der Waals surface area contributed by atoms with E-state index in [1.807, 2.05) is 13.8 Å². The molecule has 0 unspecified atom stereocenters. The fourth-order valence-electron chi connectivity index (χ4n) is 1.67. The number of rotatable bonds is 4. The SMILES string of the molecule is CC(C)c1cnc(NC(=O)Cc2cc(F)cc(F)c2)s1. The molecule has 0 atom stereocenters. The third-order valence-corrected chi connectivity index (χ3v) is 3.84. The van der Waals surface area contributed by atoms with E-state index in [1.165, 1.54) is 11.3 Å². The van der Waals surface area contributed by atoms with Crippen LogP contribution in [0.5, 0.6) is 0 Å². The molecule has 0 fully saturated rings. The number of carbonyl (C=O) groups excluding carboxylic acids is 1. The average molecular weight is 296 g/mol. The number of benzene rings is 1. The molecule has 0 aliphatic rings. The van der Waals surface area contributed by atoms with Crippen LogP contribution in [0.3, 0.4) is 0 Å². The number of hydrogen-bond donors (Lipinski definition) is 1. The quantitative estimate of drug-likeness (QED) is 0.934. The van der Waals surface area contributed by atoms with Crippen molar-refractivity contribution >= 4 is 22.4 Å². The van der Waals surface area contributed by atoms with Gasteiger partial charge in [-0.3, -0.25) is 4.79 Å². The maximum Gasteiger partial charge on any atom is 0.230 e. The van der Waals surface area contributed by atoms with Crippen molar-refractivity contribution in [2.24, 2.45) is 0 Å². The number of amides is 1. The summed E-state index contributed by atoms with van der Waals surface area (Å²) in [6.07, 6.45) is 1.62. The van der Waals surface area contributed by atoms with Gasteiger partial charge in [0.1, 0.15) is 11.6 Å². The van der Waals surface area contributed by atoms with Gasteiger partial charge in [-0.05, 0) is 23.6 Å². The van der Waals surface area contributed by atoms with Gasteiger partial charge >= 0.3 is 0 Å². The summed E-state index contributed by atoms with van der Waals surface area (Å²) in [6, 6.07) is 3.06. The normalized spacial score (nSPS) is 10.8. The number of anilines is 1. The minimum Gasteiger partial charge on any atom is -0.302 e. The second-order valence-corrected chi connectivity index (χ2v) is 5.79. The lowest BCUT2D eigenvalue weighted by molar-refractivity contribution is -0.115. The predicted octanol–water partition coefficient (Wildman–Crippen LogP) is 3.73. The van der Waals surface area contributed by atoms with Crippen molar-refractivity contribution in [1.82, 2.24) is 4.98 Å². The minimum atomic E-state index is -0.691. The summed E-state index contributed by atoms with van der Waals surface area (Å²) in [4.78, 5) is 17.0. The highest BCUT2D eigenvalue weighted by atomic mass is 32.1. The van der Waals surface area contributed by atoms with E-state index in [0.29, 0.717) is 16.6 Å². The summed E-state index contributed by atoms with van der Waals surface area (Å²) in [5, 5.41) is 3.12. The second kappa shape index (κ2) is 6.09. The Labute approximate surface area is 119 Å². The molecule has 1 N–H and O–H groups in total. The van der Waals surface area contributed by atoms with Crippen LogP contribution in [0.4, 0.5) is 13.9 Å². The third-order valence-electron chi connectivity index (χ3n) is 2.63. The molecule has 0 aliphatic heterocycles. The average Bonchev–Trinajstić information content (AvgIpc) is 2.75. The van der Waals surface area contributed by atoms with Gasteiger partial charge in [0.2, 0.25) is 5.91 Å². The molecule has 2 rings (SSSR count). The fraction of sp³-hybridized carbons (Fsp3) is 0.286. The first kappa shape index (κ1) is 14.6. The number of carbonyl (C=O) groups is 1. The van der Waals surface area contributed by atoms with Crippen LogP contribution in [-0.4, -0.2) is 10.9 Å². The Kier molecular flexibility index (Phi) is 4.44. The molecule has 2 aromatic rings. The van der Waals surface area contributed by atoms with Crippen LogP contribution in [0.25, 0.3) is 0 Å². The van der Waals surface area contributed by atoms with E-state index in [1.54, 1.807) is 6.20 Å². The monoisotopic (exact) mass is 296 g/mol. The van der Waals surface area contributed by atoms with Gasteiger partial charge in [0.25, 0.3) is 0 Å². The molecule has 0 radical (unpaired) electrons. The highest BCUT2D eigenvalue weighted by molar-refractivity contribution is 7.15. The van der Waals surface area contributed by atoms with Crippen LogP contribution in [0.2, 0.25) is 0 Å². The number of aromatic nitrogens is 1. The Morgan fingerprint density at radius 2 is 1.95 bits per heavy atom. The maximum absolute atomic E-state index is 13.0. The molecule has 0 saturated carbocycles. The lowest BCUT2D eigenvalue weighted by Gasteiger charge is -2.03. The second-order valence-electron chi connectivity index (χ2n) is 4.73. The smallest absolute Gasteiger partial charge is 0.230 e. The van der Waals surface area contributed by atoms with Gasteiger partial charge in [-0.1, -0.05) is 13.8 Å². The van der Waals surface area contributed by atoms with Gasteiger partial charge in [0.05, 0.1) is 6.42 Å². The summed E-state index contributed by atoms with van der Waals surface area (Å²) in [6.45, 7) is 4.07. The first-order valence-electron chi connectivity index (χ1n) is 6.14. The molecule has 3 nitrogen and oxygen atoms in total. The van der Waals surface area contributed by atoms with Crippen LogP contribution < -0.4 is 5.32 Å². The van der Waals surface area contributed by atoms with Crippen LogP contribution in [-0.2, 0) is 11.2 Å². The Hall–Kier alpha value is -1.82. The largest absolute Gasteiger partial charge is 0.302 e. The standard InChI is InChI=1S/C14H14F2N2OS/c1-8(2)12-7-17-14(20-12)18-13(19)5-9-3-10(15)6-11(16)4-9/h3-4,6-8H,5H2,1-2H3,(H,17,18,19). The van der Waals surface area contributed by atoms with Crippen LogP contribution in [0.15, 0.2) is 24.4 Å². The molecule has 0 bridgehead atoms. The molecule has 1 heterocycles. The van der Waals surface area contributed by atoms with Gasteiger partial charge in [-0.2, -0.15) is 0 Å². The number of nitrogens with one attached hydrogen (secondary N) is 1. The molecule has 1 aromatic heterocycles. The predicted molar refractivity (Wildman–Crippen MR) is 74.9 cm³/mol. The molecule has 0 spiro atoms. The van der Waals surface area contributed by atoms with Crippen LogP contribution in [0, 0.1) is 11.6 Å². The Morgan fingerprint density at radius 3 is 2.50 bits per heavy atom. The zero-order valence-corrected chi connectivity index (χ0v) is 11.9. The van der Waals surface area contributed by atoms with E-state index < -0.39 is 11.6 Å². The molecule has 106 valence electrons. The first-order chi connectivity index (χ1) is 9.44. The molecule has 0 saturated heterocycles. The van der Waals surface area contributed by atoms with Crippen LogP contribution >= 0.6 is 11.3 Å². The molecule has 1 aromatic carbocycles. The van der Waals surface area contributed by atoms with Crippen molar-refractivity contribution < 1.29 is 13.6 Å². The van der Waals surface area contributed by atoms with Gasteiger partial charge in [-0.15, -0.1) is 11.3 Å². The lowest BCUT2D eigenvalue weighted by Crippen LogP contribution is -2.14. The van der Waals surface area contributed by atoms with Gasteiger partial charge < -0.3 is 5.32 Å². The summed E-state index contributed by atoms with van der Waals surface area (Å²) in [7, 11) is 0. The summed E-state index contributed by atoms with van der Waals surface area (Å²) in [5.74, 6) is -1.39. The third kappa shape index (κ3) is 3.84.